The molecule has 0 radical (unpaired) electrons. The zero-order valence-electron chi connectivity index (χ0n) is 24.0. The van der Waals surface area contributed by atoms with Crippen molar-refractivity contribution in [3.05, 3.63) is 107 Å². The smallest absolute Gasteiger partial charge is 0.359 e. The fraction of sp³-hybridized carbons (Fsp3) is 0.258. The molecule has 0 bridgehead atoms. The highest BCUT2D eigenvalue weighted by atomic mass is 32.1. The number of hydrogen-bond acceptors (Lipinski definition) is 9. The van der Waals surface area contributed by atoms with Gasteiger partial charge in [-0.3, -0.25) is 0 Å². The maximum Gasteiger partial charge on any atom is 0.359 e. The van der Waals surface area contributed by atoms with Gasteiger partial charge in [0.25, 0.3) is 0 Å². The Balaban J connectivity index is 1.54. The van der Waals surface area contributed by atoms with Crippen molar-refractivity contribution >= 4 is 47.1 Å². The van der Waals surface area contributed by atoms with E-state index in [0.29, 0.717) is 45.7 Å². The Kier molecular flexibility index (Phi) is 9.02. The first-order chi connectivity index (χ1) is 20.2. The molecule has 0 saturated carbocycles. The van der Waals surface area contributed by atoms with Crippen LogP contribution in [0.1, 0.15) is 38.3 Å². The van der Waals surface area contributed by atoms with Crippen LogP contribution in [0.4, 0.5) is 5.00 Å². The zero-order valence-corrected chi connectivity index (χ0v) is 25.8. The molecule has 5 rings (SSSR count). The van der Waals surface area contributed by atoms with E-state index >= 15 is 0 Å². The molecule has 2 aromatic carbocycles. The normalized spacial score (nSPS) is 12.3. The summed E-state index contributed by atoms with van der Waals surface area (Å²) in [6, 6.07) is 20.5. The molecule has 1 atom stereocenters. The van der Waals surface area contributed by atoms with E-state index < -0.39 is 20.1 Å². The molecule has 9 nitrogen and oxygen atoms in total. The number of benzene rings is 2. The molecule has 5 aromatic rings. The summed E-state index contributed by atoms with van der Waals surface area (Å²) < 4.78 is 12.9. The van der Waals surface area contributed by atoms with Crippen molar-refractivity contribution in [3.8, 4) is 0 Å². The third-order valence-corrected chi connectivity index (χ3v) is 9.34. The van der Waals surface area contributed by atoms with E-state index in [1.54, 1.807) is 12.4 Å². The molecule has 11 heteroatoms. The molecular formula is C31H33N5O4SSi. The van der Waals surface area contributed by atoms with Crippen molar-refractivity contribution in [2.45, 2.75) is 38.5 Å². The van der Waals surface area contributed by atoms with Gasteiger partial charge in [-0.25, -0.2) is 24.7 Å². The minimum absolute atomic E-state index is 0.0376. The molecule has 0 saturated heterocycles. The van der Waals surface area contributed by atoms with Crippen molar-refractivity contribution in [1.82, 2.24) is 19.5 Å². The largest absolute Gasteiger partial charge is 0.464 e. The number of carbonyl (C=O) groups is 1. The average Bonchev–Trinajstić information content (AvgIpc) is 3.60. The fourth-order valence-electron chi connectivity index (χ4n) is 4.38. The lowest BCUT2D eigenvalue weighted by Crippen LogP contribution is -2.22. The summed E-state index contributed by atoms with van der Waals surface area (Å²) in [6.45, 7) is 7.87. The second-order valence-electron chi connectivity index (χ2n) is 11.0. The van der Waals surface area contributed by atoms with E-state index in [1.165, 1.54) is 13.4 Å². The Hall–Kier alpha value is -4.03. The van der Waals surface area contributed by atoms with Crippen LogP contribution in [-0.2, 0) is 16.2 Å². The molecule has 3 aromatic heterocycles. The molecule has 1 unspecified atom stereocenters. The fourth-order valence-corrected chi connectivity index (χ4v) is 6.08. The van der Waals surface area contributed by atoms with Crippen molar-refractivity contribution in [2.24, 2.45) is 4.99 Å². The van der Waals surface area contributed by atoms with E-state index in [-0.39, 0.29) is 5.69 Å². The number of carbonyl (C=O) groups excluding carboxylic acids is 1. The summed E-state index contributed by atoms with van der Waals surface area (Å²) in [6.07, 6.45) is 3.78. The number of ether oxygens (including phenoxy) is 2. The Morgan fingerprint density at radius 1 is 1.07 bits per heavy atom. The Morgan fingerprint density at radius 3 is 2.36 bits per heavy atom. The van der Waals surface area contributed by atoms with Crippen molar-refractivity contribution < 1.29 is 19.4 Å². The molecule has 0 aliphatic heterocycles. The van der Waals surface area contributed by atoms with E-state index in [9.17, 15) is 9.90 Å². The van der Waals surface area contributed by atoms with Crippen molar-refractivity contribution in [3.63, 3.8) is 0 Å². The molecule has 3 heterocycles. The number of thiazole rings is 1. The first-order valence-electron chi connectivity index (χ1n) is 13.6. The molecule has 0 amide bonds. The lowest BCUT2D eigenvalue weighted by Gasteiger charge is -2.15. The highest BCUT2D eigenvalue weighted by Gasteiger charge is 2.27. The Labute approximate surface area is 249 Å². The number of fused-ring (bicyclic) bond motifs is 1. The van der Waals surface area contributed by atoms with Gasteiger partial charge in [0.2, 0.25) is 0 Å². The van der Waals surface area contributed by atoms with Gasteiger partial charge in [-0.2, -0.15) is 0 Å². The summed E-state index contributed by atoms with van der Waals surface area (Å²) in [5.41, 5.74) is 3.67. The number of aromatic nitrogens is 4. The van der Waals surface area contributed by atoms with Gasteiger partial charge >= 0.3 is 5.97 Å². The first kappa shape index (κ1) is 29.5. The van der Waals surface area contributed by atoms with Gasteiger partial charge in [0.1, 0.15) is 29.8 Å². The van der Waals surface area contributed by atoms with Gasteiger partial charge in [0.05, 0.1) is 12.8 Å². The molecule has 0 fully saturated rings. The molecule has 216 valence electrons. The average molecular weight is 600 g/mol. The predicted octanol–water partition coefficient (Wildman–Crippen LogP) is 6.24. The SMILES string of the molecule is COC(=O)c1nc(C(O)c2cn(COCC[Si](C)(C)C)c3ncncc23)sc1N=C(c1ccccc1)c1ccccc1. The van der Waals surface area contributed by atoms with Crippen LogP contribution in [-0.4, -0.2) is 58.1 Å². The van der Waals surface area contributed by atoms with E-state index in [4.69, 9.17) is 14.5 Å². The minimum Gasteiger partial charge on any atom is -0.464 e. The second-order valence-corrected chi connectivity index (χ2v) is 17.6. The van der Waals surface area contributed by atoms with Crippen LogP contribution in [0.25, 0.3) is 11.0 Å². The van der Waals surface area contributed by atoms with Crippen LogP contribution < -0.4 is 0 Å². The lowest BCUT2D eigenvalue weighted by molar-refractivity contribution is 0.0595. The number of aliphatic hydroxyl groups is 1. The monoisotopic (exact) mass is 599 g/mol. The number of rotatable bonds is 11. The summed E-state index contributed by atoms with van der Waals surface area (Å²) >= 11 is 1.14. The van der Waals surface area contributed by atoms with Gasteiger partial charge in [-0.15, -0.1) is 0 Å². The van der Waals surface area contributed by atoms with Crippen LogP contribution in [0.2, 0.25) is 25.7 Å². The van der Waals surface area contributed by atoms with Crippen molar-refractivity contribution in [2.75, 3.05) is 13.7 Å². The number of esters is 1. The van der Waals surface area contributed by atoms with E-state index in [2.05, 4.69) is 34.6 Å². The van der Waals surface area contributed by atoms with E-state index in [0.717, 1.165) is 28.5 Å². The number of hydrogen-bond donors (Lipinski definition) is 1. The third kappa shape index (κ3) is 6.71. The molecule has 42 heavy (non-hydrogen) atoms. The van der Waals surface area contributed by atoms with Gasteiger partial charge in [-0.05, 0) is 6.04 Å². The van der Waals surface area contributed by atoms with Crippen molar-refractivity contribution in [1.29, 1.82) is 0 Å². The van der Waals surface area contributed by atoms with Gasteiger partial charge < -0.3 is 19.1 Å². The van der Waals surface area contributed by atoms with Gasteiger partial charge in [0.15, 0.2) is 10.7 Å². The molecule has 0 aliphatic rings. The maximum absolute atomic E-state index is 12.8. The van der Waals surface area contributed by atoms with Crippen LogP contribution in [0.15, 0.2) is 84.4 Å². The summed E-state index contributed by atoms with van der Waals surface area (Å²) in [7, 11) is 0.0672. The Bertz CT molecular complexity index is 1660. The predicted molar refractivity (Wildman–Crippen MR) is 167 cm³/mol. The zero-order chi connectivity index (χ0) is 29.7. The molecular weight excluding hydrogens is 567 g/mol. The lowest BCUT2D eigenvalue weighted by atomic mass is 10.0. The number of nitrogens with zero attached hydrogens (tertiary/aromatic N) is 5. The maximum atomic E-state index is 12.8. The Morgan fingerprint density at radius 2 is 1.74 bits per heavy atom. The minimum atomic E-state index is -1.23. The third-order valence-electron chi connectivity index (χ3n) is 6.64. The molecule has 0 spiro atoms. The second kappa shape index (κ2) is 12.9. The highest BCUT2D eigenvalue weighted by Crippen LogP contribution is 2.37. The summed E-state index contributed by atoms with van der Waals surface area (Å²) in [5, 5.41) is 12.9. The van der Waals surface area contributed by atoms with Crippen LogP contribution >= 0.6 is 11.3 Å². The number of aliphatic hydroxyl groups excluding tert-OH is 1. The summed E-state index contributed by atoms with van der Waals surface area (Å²) in [4.78, 5) is 30.9. The summed E-state index contributed by atoms with van der Waals surface area (Å²) in [5.74, 6) is -0.634. The standard InChI is InChI=1S/C31H33N5O4SSi/c1-39-31(38)26-29(34-25(21-11-7-5-8-12-21)22-13-9-6-10-14-22)41-30(35-26)27(37)24-18-36(20-40-15-16-42(2,3)4)28-23(24)17-32-19-33-28/h5-14,17-19,27,37H,15-16,20H2,1-4H3. The topological polar surface area (TPSA) is 112 Å². The van der Waals surface area contributed by atoms with Gasteiger partial charge in [-0.1, -0.05) is 91.6 Å². The number of methoxy groups -OCH3 is 1. The van der Waals surface area contributed by atoms with Crippen LogP contribution in [0, 0.1) is 0 Å². The van der Waals surface area contributed by atoms with Crippen LogP contribution in [0.3, 0.4) is 0 Å². The first-order valence-corrected chi connectivity index (χ1v) is 18.1. The molecule has 1 N–H and O–H groups in total. The highest BCUT2D eigenvalue weighted by molar-refractivity contribution is 7.16. The quantitative estimate of drug-likeness (QED) is 0.0828. The van der Waals surface area contributed by atoms with E-state index in [1.807, 2.05) is 65.2 Å². The number of aliphatic imine (C=N–C) groups is 1. The van der Waals surface area contributed by atoms with Crippen LogP contribution in [0.5, 0.6) is 0 Å². The van der Waals surface area contributed by atoms with Gasteiger partial charge in [0, 0.05) is 49.2 Å². The molecule has 0 aliphatic carbocycles.